The maximum absolute atomic E-state index is 11.8. The Morgan fingerprint density at radius 1 is 1.16 bits per heavy atom. The summed E-state index contributed by atoms with van der Waals surface area (Å²) in [5.41, 5.74) is 1.43. The fourth-order valence-electron chi connectivity index (χ4n) is 1.62. The first kappa shape index (κ1) is 15.2. The molecule has 0 radical (unpaired) electrons. The van der Waals surface area contributed by atoms with Crippen molar-refractivity contribution in [3.05, 3.63) is 29.8 Å². The number of carbonyl (C=O) groups excluding carboxylic acids is 1. The van der Waals surface area contributed by atoms with Crippen LogP contribution in [-0.4, -0.2) is 17.0 Å². The number of hydrogen-bond donors (Lipinski definition) is 2. The summed E-state index contributed by atoms with van der Waals surface area (Å²) < 4.78 is 0. The lowest BCUT2D eigenvalue weighted by Gasteiger charge is -2.15. The Balaban J connectivity index is 2.53. The number of carbonyl (C=O) groups is 2. The molecule has 4 heteroatoms. The van der Waals surface area contributed by atoms with E-state index in [4.69, 9.17) is 5.11 Å². The van der Waals surface area contributed by atoms with Crippen molar-refractivity contribution < 1.29 is 14.7 Å². The van der Waals surface area contributed by atoms with Gasteiger partial charge in [0.05, 0.1) is 6.42 Å². The summed E-state index contributed by atoms with van der Waals surface area (Å²) in [6.07, 6.45) is 0.493. The van der Waals surface area contributed by atoms with Gasteiger partial charge in [0.2, 0.25) is 5.91 Å². The Kier molecular flexibility index (Phi) is 5.55. The molecule has 1 atom stereocenters. The van der Waals surface area contributed by atoms with Crippen molar-refractivity contribution in [2.45, 2.75) is 33.6 Å². The highest BCUT2D eigenvalue weighted by molar-refractivity contribution is 5.90. The molecule has 0 saturated carbocycles. The minimum absolute atomic E-state index is 0.00138. The molecule has 4 nitrogen and oxygen atoms in total. The minimum Gasteiger partial charge on any atom is -0.481 e. The second kappa shape index (κ2) is 6.92. The summed E-state index contributed by atoms with van der Waals surface area (Å²) >= 11 is 0. The first-order valence-corrected chi connectivity index (χ1v) is 6.49. The van der Waals surface area contributed by atoms with E-state index in [0.29, 0.717) is 23.9 Å². The van der Waals surface area contributed by atoms with Crippen molar-refractivity contribution in [1.29, 1.82) is 0 Å². The van der Waals surface area contributed by atoms with Gasteiger partial charge in [-0.1, -0.05) is 32.9 Å². The SMILES string of the molecule is CC(C)C(C)CC(=O)Nc1ccc(CC(=O)O)cc1. The molecule has 1 rings (SSSR count). The molecule has 1 amide bonds. The molecule has 0 saturated heterocycles. The third-order valence-corrected chi connectivity index (χ3v) is 3.24. The van der Waals surface area contributed by atoms with Crippen LogP contribution in [0.1, 0.15) is 32.8 Å². The number of benzene rings is 1. The molecule has 19 heavy (non-hydrogen) atoms. The van der Waals surface area contributed by atoms with Crippen LogP contribution in [-0.2, 0) is 16.0 Å². The molecule has 0 bridgehead atoms. The van der Waals surface area contributed by atoms with E-state index in [-0.39, 0.29) is 12.3 Å². The zero-order valence-corrected chi connectivity index (χ0v) is 11.6. The predicted octanol–water partition coefficient (Wildman–Crippen LogP) is 2.93. The molecule has 0 aliphatic rings. The lowest BCUT2D eigenvalue weighted by Crippen LogP contribution is -2.17. The summed E-state index contributed by atoms with van der Waals surface area (Å²) in [5, 5.41) is 11.5. The summed E-state index contributed by atoms with van der Waals surface area (Å²) in [6.45, 7) is 6.25. The molecule has 0 aromatic heterocycles. The third kappa shape index (κ3) is 5.55. The normalized spacial score (nSPS) is 12.2. The smallest absolute Gasteiger partial charge is 0.307 e. The number of rotatable bonds is 6. The van der Waals surface area contributed by atoms with Crippen LogP contribution >= 0.6 is 0 Å². The minimum atomic E-state index is -0.859. The second-order valence-corrected chi connectivity index (χ2v) is 5.24. The Hall–Kier alpha value is -1.84. The zero-order chi connectivity index (χ0) is 14.4. The highest BCUT2D eigenvalue weighted by Gasteiger charge is 2.12. The van der Waals surface area contributed by atoms with Crippen LogP contribution in [0.3, 0.4) is 0 Å². The number of anilines is 1. The number of nitrogens with one attached hydrogen (secondary N) is 1. The number of hydrogen-bond acceptors (Lipinski definition) is 2. The average Bonchev–Trinajstić information content (AvgIpc) is 2.30. The van der Waals surface area contributed by atoms with E-state index < -0.39 is 5.97 Å². The molecule has 0 spiro atoms. The van der Waals surface area contributed by atoms with Gasteiger partial charge in [-0.25, -0.2) is 0 Å². The van der Waals surface area contributed by atoms with Crippen LogP contribution in [0.2, 0.25) is 0 Å². The number of amides is 1. The van der Waals surface area contributed by atoms with Crippen molar-refractivity contribution in [3.63, 3.8) is 0 Å². The average molecular weight is 263 g/mol. The van der Waals surface area contributed by atoms with Crippen molar-refractivity contribution in [3.8, 4) is 0 Å². The van der Waals surface area contributed by atoms with Crippen LogP contribution in [0.25, 0.3) is 0 Å². The maximum atomic E-state index is 11.8. The quantitative estimate of drug-likeness (QED) is 0.829. The highest BCUT2D eigenvalue weighted by atomic mass is 16.4. The van der Waals surface area contributed by atoms with E-state index in [2.05, 4.69) is 26.1 Å². The fraction of sp³-hybridized carbons (Fsp3) is 0.467. The molecule has 1 unspecified atom stereocenters. The van der Waals surface area contributed by atoms with E-state index in [1.54, 1.807) is 24.3 Å². The summed E-state index contributed by atoms with van der Waals surface area (Å²) in [5.74, 6) is -0.0512. The largest absolute Gasteiger partial charge is 0.481 e. The van der Waals surface area contributed by atoms with Gasteiger partial charge in [0, 0.05) is 12.1 Å². The van der Waals surface area contributed by atoms with Crippen LogP contribution in [0.15, 0.2) is 24.3 Å². The van der Waals surface area contributed by atoms with Gasteiger partial charge < -0.3 is 10.4 Å². The maximum Gasteiger partial charge on any atom is 0.307 e. The number of carboxylic acid groups (broad SMARTS) is 1. The first-order chi connectivity index (χ1) is 8.88. The van der Waals surface area contributed by atoms with Crippen LogP contribution < -0.4 is 5.32 Å². The van der Waals surface area contributed by atoms with Gasteiger partial charge in [0.25, 0.3) is 0 Å². The van der Waals surface area contributed by atoms with Gasteiger partial charge in [0.1, 0.15) is 0 Å². The van der Waals surface area contributed by atoms with E-state index in [0.717, 1.165) is 5.56 Å². The monoisotopic (exact) mass is 263 g/mol. The van der Waals surface area contributed by atoms with Crippen molar-refractivity contribution in [1.82, 2.24) is 0 Å². The Labute approximate surface area is 113 Å². The highest BCUT2D eigenvalue weighted by Crippen LogP contribution is 2.16. The van der Waals surface area contributed by atoms with Crippen LogP contribution in [0, 0.1) is 11.8 Å². The molecular formula is C15H21NO3. The second-order valence-electron chi connectivity index (χ2n) is 5.24. The number of carboxylic acids is 1. The van der Waals surface area contributed by atoms with E-state index >= 15 is 0 Å². The molecule has 1 aromatic rings. The lowest BCUT2D eigenvalue weighted by atomic mass is 9.94. The Morgan fingerprint density at radius 2 is 1.74 bits per heavy atom. The van der Waals surface area contributed by atoms with E-state index in [9.17, 15) is 9.59 Å². The van der Waals surface area contributed by atoms with Crippen molar-refractivity contribution in [2.75, 3.05) is 5.32 Å². The molecule has 1 aromatic carbocycles. The molecule has 0 fully saturated rings. The topological polar surface area (TPSA) is 66.4 Å². The van der Waals surface area contributed by atoms with Gasteiger partial charge in [0.15, 0.2) is 0 Å². The first-order valence-electron chi connectivity index (χ1n) is 6.49. The third-order valence-electron chi connectivity index (χ3n) is 3.24. The molecule has 104 valence electrons. The fourth-order valence-corrected chi connectivity index (χ4v) is 1.62. The van der Waals surface area contributed by atoms with Gasteiger partial charge >= 0.3 is 5.97 Å². The van der Waals surface area contributed by atoms with E-state index in [1.807, 2.05) is 0 Å². The molecule has 0 heterocycles. The van der Waals surface area contributed by atoms with Gasteiger partial charge in [-0.3, -0.25) is 9.59 Å². The van der Waals surface area contributed by atoms with Crippen molar-refractivity contribution >= 4 is 17.6 Å². The van der Waals surface area contributed by atoms with Crippen LogP contribution in [0.4, 0.5) is 5.69 Å². The standard InChI is InChI=1S/C15H21NO3/c1-10(2)11(3)8-14(17)16-13-6-4-12(5-7-13)9-15(18)19/h4-7,10-11H,8-9H2,1-3H3,(H,16,17)(H,18,19). The Bertz CT molecular complexity index is 437. The number of aliphatic carboxylic acids is 1. The Morgan fingerprint density at radius 3 is 2.21 bits per heavy atom. The van der Waals surface area contributed by atoms with E-state index in [1.165, 1.54) is 0 Å². The zero-order valence-electron chi connectivity index (χ0n) is 11.6. The lowest BCUT2D eigenvalue weighted by molar-refractivity contribution is -0.136. The van der Waals surface area contributed by atoms with Gasteiger partial charge in [-0.15, -0.1) is 0 Å². The van der Waals surface area contributed by atoms with Gasteiger partial charge in [-0.05, 0) is 29.5 Å². The molecule has 0 aliphatic carbocycles. The summed E-state index contributed by atoms with van der Waals surface area (Å²) in [6, 6.07) is 6.90. The predicted molar refractivity (Wildman–Crippen MR) is 75.0 cm³/mol. The summed E-state index contributed by atoms with van der Waals surface area (Å²) in [4.78, 5) is 22.3. The van der Waals surface area contributed by atoms with Crippen molar-refractivity contribution in [2.24, 2.45) is 11.8 Å². The molecular weight excluding hydrogens is 242 g/mol. The molecule has 2 N–H and O–H groups in total. The van der Waals surface area contributed by atoms with Crippen LogP contribution in [0.5, 0.6) is 0 Å². The van der Waals surface area contributed by atoms with Gasteiger partial charge in [-0.2, -0.15) is 0 Å². The summed E-state index contributed by atoms with van der Waals surface area (Å²) in [7, 11) is 0. The molecule has 0 aliphatic heterocycles.